The van der Waals surface area contributed by atoms with Crippen LogP contribution in [0.2, 0.25) is 0 Å². The van der Waals surface area contributed by atoms with E-state index >= 15 is 0 Å². The first-order chi connectivity index (χ1) is 6.68. The van der Waals surface area contributed by atoms with Crippen LogP contribution in [0.1, 0.15) is 19.7 Å². The molecule has 0 saturated heterocycles. The number of nitrogens with two attached hydrogens (primary N) is 1. The minimum atomic E-state index is 0.322. The van der Waals surface area contributed by atoms with E-state index in [9.17, 15) is 0 Å². The number of hydrogen-bond acceptors (Lipinski definition) is 2. The first-order valence-corrected chi connectivity index (χ1v) is 4.73. The molecule has 0 fully saturated rings. The summed E-state index contributed by atoms with van der Waals surface area (Å²) in [5, 5.41) is 3.02. The first-order valence-electron chi connectivity index (χ1n) is 4.73. The molecule has 0 aliphatic carbocycles. The van der Waals surface area contributed by atoms with Crippen molar-refractivity contribution in [3.05, 3.63) is 18.2 Å². The molecule has 1 rings (SSSR count). The number of hydrogen-bond donors (Lipinski definition) is 3. The molecular formula is C9H17N5. The Bertz CT molecular complexity index is 275. The van der Waals surface area contributed by atoms with Crippen molar-refractivity contribution >= 4 is 5.96 Å². The van der Waals surface area contributed by atoms with E-state index in [1.165, 1.54) is 0 Å². The summed E-state index contributed by atoms with van der Waals surface area (Å²) in [6.07, 6.45) is 4.32. The molecule has 5 heteroatoms. The number of H-pyrrole nitrogens is 1. The SMILES string of the molecule is CC(C)NC(N)=NCCc1ncc[nH]1. The van der Waals surface area contributed by atoms with Gasteiger partial charge in [-0.25, -0.2) is 4.98 Å². The monoisotopic (exact) mass is 195 g/mol. The molecule has 0 aliphatic rings. The number of nitrogens with one attached hydrogen (secondary N) is 2. The summed E-state index contributed by atoms with van der Waals surface area (Å²) in [6.45, 7) is 4.70. The van der Waals surface area contributed by atoms with Crippen LogP contribution in [-0.4, -0.2) is 28.5 Å². The summed E-state index contributed by atoms with van der Waals surface area (Å²) in [4.78, 5) is 11.3. The van der Waals surface area contributed by atoms with Gasteiger partial charge in [0.25, 0.3) is 0 Å². The predicted octanol–water partition coefficient (Wildman–Crippen LogP) is 0.265. The highest BCUT2D eigenvalue weighted by molar-refractivity contribution is 5.78. The van der Waals surface area contributed by atoms with Crippen LogP contribution in [0.15, 0.2) is 17.4 Å². The molecule has 4 N–H and O–H groups in total. The van der Waals surface area contributed by atoms with E-state index in [2.05, 4.69) is 20.3 Å². The van der Waals surface area contributed by atoms with Crippen LogP contribution in [-0.2, 0) is 6.42 Å². The van der Waals surface area contributed by atoms with E-state index in [4.69, 9.17) is 5.73 Å². The average Bonchev–Trinajstić information content (AvgIpc) is 2.55. The second-order valence-electron chi connectivity index (χ2n) is 3.35. The zero-order valence-electron chi connectivity index (χ0n) is 8.62. The van der Waals surface area contributed by atoms with Gasteiger partial charge >= 0.3 is 0 Å². The van der Waals surface area contributed by atoms with Gasteiger partial charge in [0.05, 0.1) is 0 Å². The molecule has 0 aromatic carbocycles. The van der Waals surface area contributed by atoms with Crippen molar-refractivity contribution in [2.45, 2.75) is 26.3 Å². The lowest BCUT2D eigenvalue weighted by Gasteiger charge is -2.07. The summed E-state index contributed by atoms with van der Waals surface area (Å²) in [5.41, 5.74) is 5.62. The number of nitrogens with zero attached hydrogens (tertiary/aromatic N) is 2. The summed E-state index contributed by atoms with van der Waals surface area (Å²) >= 11 is 0. The van der Waals surface area contributed by atoms with Crippen LogP contribution in [0, 0.1) is 0 Å². The fraction of sp³-hybridized carbons (Fsp3) is 0.556. The number of imidazole rings is 1. The van der Waals surface area contributed by atoms with Gasteiger partial charge in [0, 0.05) is 31.4 Å². The van der Waals surface area contributed by atoms with Gasteiger partial charge in [0.15, 0.2) is 5.96 Å². The van der Waals surface area contributed by atoms with Crippen LogP contribution in [0.5, 0.6) is 0 Å². The summed E-state index contributed by atoms with van der Waals surface area (Å²) < 4.78 is 0. The molecule has 0 amide bonds. The molecule has 0 unspecified atom stereocenters. The van der Waals surface area contributed by atoms with E-state index in [-0.39, 0.29) is 0 Å². The molecule has 14 heavy (non-hydrogen) atoms. The van der Waals surface area contributed by atoms with Gasteiger partial charge in [-0.1, -0.05) is 0 Å². The second-order valence-corrected chi connectivity index (χ2v) is 3.35. The molecule has 78 valence electrons. The Labute approximate surface area is 83.8 Å². The lowest BCUT2D eigenvalue weighted by molar-refractivity contribution is 0.722. The van der Waals surface area contributed by atoms with Crippen molar-refractivity contribution in [3.8, 4) is 0 Å². The highest BCUT2D eigenvalue weighted by atomic mass is 15.1. The second kappa shape index (κ2) is 5.26. The molecule has 0 saturated carbocycles. The summed E-state index contributed by atoms with van der Waals surface area (Å²) in [5.74, 6) is 1.43. The van der Waals surface area contributed by atoms with Crippen molar-refractivity contribution < 1.29 is 0 Å². The third-order valence-corrected chi connectivity index (χ3v) is 1.62. The molecule has 1 aromatic rings. The third-order valence-electron chi connectivity index (χ3n) is 1.62. The van der Waals surface area contributed by atoms with E-state index in [0.29, 0.717) is 18.5 Å². The molecule has 5 nitrogen and oxygen atoms in total. The third kappa shape index (κ3) is 3.93. The summed E-state index contributed by atoms with van der Waals surface area (Å²) in [7, 11) is 0. The van der Waals surface area contributed by atoms with Gasteiger partial charge in [-0.2, -0.15) is 0 Å². The Morgan fingerprint density at radius 1 is 1.71 bits per heavy atom. The predicted molar refractivity (Wildman–Crippen MR) is 57.1 cm³/mol. The smallest absolute Gasteiger partial charge is 0.188 e. The zero-order valence-corrected chi connectivity index (χ0v) is 8.62. The Morgan fingerprint density at radius 2 is 2.50 bits per heavy atom. The average molecular weight is 195 g/mol. The first kappa shape index (κ1) is 10.6. The maximum absolute atomic E-state index is 5.62. The maximum Gasteiger partial charge on any atom is 0.188 e. The van der Waals surface area contributed by atoms with Crippen molar-refractivity contribution in [3.63, 3.8) is 0 Å². The van der Waals surface area contributed by atoms with E-state index < -0.39 is 0 Å². The van der Waals surface area contributed by atoms with Crippen molar-refractivity contribution in [2.75, 3.05) is 6.54 Å². The molecular weight excluding hydrogens is 178 g/mol. The minimum Gasteiger partial charge on any atom is -0.370 e. The van der Waals surface area contributed by atoms with E-state index in [0.717, 1.165) is 12.2 Å². The van der Waals surface area contributed by atoms with Crippen molar-refractivity contribution in [1.82, 2.24) is 15.3 Å². The Hall–Kier alpha value is -1.52. The molecule has 0 aliphatic heterocycles. The Kier molecular flexibility index (Phi) is 3.97. The molecule has 0 bridgehead atoms. The van der Waals surface area contributed by atoms with Crippen LogP contribution >= 0.6 is 0 Å². The minimum absolute atomic E-state index is 0.322. The number of aromatic amines is 1. The van der Waals surface area contributed by atoms with Crippen LogP contribution in [0.4, 0.5) is 0 Å². The number of aromatic nitrogens is 2. The Balaban J connectivity index is 2.26. The fourth-order valence-corrected chi connectivity index (χ4v) is 1.06. The van der Waals surface area contributed by atoms with Crippen LogP contribution in [0.25, 0.3) is 0 Å². The maximum atomic E-state index is 5.62. The normalized spacial score (nSPS) is 12.1. The number of aliphatic imine (C=N–C) groups is 1. The zero-order chi connectivity index (χ0) is 10.4. The van der Waals surface area contributed by atoms with Gasteiger partial charge in [0.1, 0.15) is 5.82 Å². The van der Waals surface area contributed by atoms with Gasteiger partial charge in [-0.15, -0.1) is 0 Å². The van der Waals surface area contributed by atoms with E-state index in [1.54, 1.807) is 12.4 Å². The molecule has 0 radical (unpaired) electrons. The number of rotatable bonds is 4. The molecule has 0 atom stereocenters. The number of guanidine groups is 1. The van der Waals surface area contributed by atoms with Gasteiger partial charge in [0.2, 0.25) is 0 Å². The highest BCUT2D eigenvalue weighted by Gasteiger charge is 1.96. The fourth-order valence-electron chi connectivity index (χ4n) is 1.06. The highest BCUT2D eigenvalue weighted by Crippen LogP contribution is 1.89. The topological polar surface area (TPSA) is 79.1 Å². The Morgan fingerprint density at radius 3 is 3.07 bits per heavy atom. The van der Waals surface area contributed by atoms with Gasteiger partial charge < -0.3 is 16.0 Å². The lowest BCUT2D eigenvalue weighted by atomic mass is 10.4. The van der Waals surface area contributed by atoms with Crippen LogP contribution < -0.4 is 11.1 Å². The largest absolute Gasteiger partial charge is 0.370 e. The molecule has 1 heterocycles. The standard InChI is InChI=1S/C9H17N5/c1-7(2)14-9(10)13-4-3-8-11-5-6-12-8/h5-7H,3-4H2,1-2H3,(H,11,12)(H3,10,13,14). The van der Waals surface area contributed by atoms with Crippen molar-refractivity contribution in [2.24, 2.45) is 10.7 Å². The van der Waals surface area contributed by atoms with Gasteiger partial charge in [-0.3, -0.25) is 4.99 Å². The molecule has 0 spiro atoms. The summed E-state index contributed by atoms with van der Waals surface area (Å²) in [6, 6.07) is 0.322. The van der Waals surface area contributed by atoms with Gasteiger partial charge in [-0.05, 0) is 13.8 Å². The lowest BCUT2D eigenvalue weighted by Crippen LogP contribution is -2.36. The molecule has 1 aromatic heterocycles. The van der Waals surface area contributed by atoms with Crippen molar-refractivity contribution in [1.29, 1.82) is 0 Å². The van der Waals surface area contributed by atoms with Crippen LogP contribution in [0.3, 0.4) is 0 Å². The van der Waals surface area contributed by atoms with E-state index in [1.807, 2.05) is 13.8 Å². The quantitative estimate of drug-likeness (QED) is 0.476.